The van der Waals surface area contributed by atoms with E-state index in [0.717, 1.165) is 38.4 Å². The monoisotopic (exact) mass is 280 g/mol. The molecule has 1 atom stereocenters. The topological polar surface area (TPSA) is 42.3 Å². The molecule has 1 aliphatic heterocycles. The highest BCUT2D eigenvalue weighted by Gasteiger charge is 2.25. The minimum Gasteiger partial charge on any atom is -0.375 e. The van der Waals surface area contributed by atoms with Crippen LogP contribution in [0.5, 0.6) is 0 Å². The summed E-state index contributed by atoms with van der Waals surface area (Å²) < 4.78 is 7.80. The molecule has 0 aliphatic carbocycles. The molecule has 2 rings (SSSR count). The number of hydrogen-bond donors (Lipinski definition) is 1. The molecule has 5 nitrogen and oxygen atoms in total. The van der Waals surface area contributed by atoms with Gasteiger partial charge in [-0.1, -0.05) is 20.8 Å². The van der Waals surface area contributed by atoms with Crippen molar-refractivity contribution in [2.75, 3.05) is 24.6 Å². The standard InChI is InChI=1S/C15H28N4O/c1-6-13-10-19(7-8-20-13)15-14(9-16-11(2)3)12(4)17-18(15)5/h11,13,16H,6-10H2,1-5H3. The number of rotatable bonds is 5. The molecular weight excluding hydrogens is 252 g/mol. The average Bonchev–Trinajstić information content (AvgIpc) is 2.70. The molecule has 1 aliphatic rings. The van der Waals surface area contributed by atoms with Gasteiger partial charge >= 0.3 is 0 Å². The van der Waals surface area contributed by atoms with Crippen LogP contribution in [-0.2, 0) is 18.3 Å². The Kier molecular flexibility index (Phi) is 5.05. The van der Waals surface area contributed by atoms with Crippen LogP contribution in [0.3, 0.4) is 0 Å². The summed E-state index contributed by atoms with van der Waals surface area (Å²) in [5, 5.41) is 8.12. The highest BCUT2D eigenvalue weighted by Crippen LogP contribution is 2.25. The molecule has 20 heavy (non-hydrogen) atoms. The van der Waals surface area contributed by atoms with Gasteiger partial charge in [0.15, 0.2) is 0 Å². The van der Waals surface area contributed by atoms with Crippen LogP contribution in [0.1, 0.15) is 38.4 Å². The van der Waals surface area contributed by atoms with Crippen LogP contribution in [0.15, 0.2) is 0 Å². The second-order valence-electron chi connectivity index (χ2n) is 5.89. The van der Waals surface area contributed by atoms with E-state index in [2.05, 4.69) is 43.0 Å². The average molecular weight is 280 g/mol. The van der Waals surface area contributed by atoms with E-state index >= 15 is 0 Å². The molecule has 1 aromatic heterocycles. The van der Waals surface area contributed by atoms with Crippen molar-refractivity contribution in [1.82, 2.24) is 15.1 Å². The fourth-order valence-electron chi connectivity index (χ4n) is 2.76. The molecule has 1 saturated heterocycles. The van der Waals surface area contributed by atoms with Crippen molar-refractivity contribution >= 4 is 5.82 Å². The van der Waals surface area contributed by atoms with Gasteiger partial charge in [-0.2, -0.15) is 5.10 Å². The van der Waals surface area contributed by atoms with Gasteiger partial charge in [-0.15, -0.1) is 0 Å². The van der Waals surface area contributed by atoms with Crippen molar-refractivity contribution in [3.63, 3.8) is 0 Å². The summed E-state index contributed by atoms with van der Waals surface area (Å²) in [5.74, 6) is 1.25. The third-order valence-electron chi connectivity index (χ3n) is 3.89. The first kappa shape index (κ1) is 15.3. The van der Waals surface area contributed by atoms with Gasteiger partial charge in [0.2, 0.25) is 0 Å². The fourth-order valence-corrected chi connectivity index (χ4v) is 2.76. The van der Waals surface area contributed by atoms with Crippen LogP contribution in [0.4, 0.5) is 5.82 Å². The minimum atomic E-state index is 0.338. The van der Waals surface area contributed by atoms with Crippen LogP contribution in [0, 0.1) is 6.92 Å². The zero-order chi connectivity index (χ0) is 14.7. The van der Waals surface area contributed by atoms with E-state index < -0.39 is 0 Å². The van der Waals surface area contributed by atoms with Gasteiger partial charge in [0, 0.05) is 38.3 Å². The highest BCUT2D eigenvalue weighted by molar-refractivity contribution is 5.50. The largest absolute Gasteiger partial charge is 0.375 e. The molecule has 114 valence electrons. The third kappa shape index (κ3) is 3.33. The Morgan fingerprint density at radius 1 is 1.45 bits per heavy atom. The van der Waals surface area contributed by atoms with Crippen molar-refractivity contribution < 1.29 is 4.74 Å². The van der Waals surface area contributed by atoms with E-state index in [1.54, 1.807) is 0 Å². The predicted molar refractivity (Wildman–Crippen MR) is 82.2 cm³/mol. The Morgan fingerprint density at radius 3 is 2.85 bits per heavy atom. The van der Waals surface area contributed by atoms with Gasteiger partial charge in [-0.3, -0.25) is 4.68 Å². The van der Waals surface area contributed by atoms with Gasteiger partial charge in [-0.05, 0) is 13.3 Å². The lowest BCUT2D eigenvalue weighted by molar-refractivity contribution is 0.0379. The zero-order valence-corrected chi connectivity index (χ0v) is 13.4. The van der Waals surface area contributed by atoms with Gasteiger partial charge in [0.1, 0.15) is 5.82 Å². The maximum Gasteiger partial charge on any atom is 0.131 e. The second-order valence-corrected chi connectivity index (χ2v) is 5.89. The van der Waals surface area contributed by atoms with Crippen LogP contribution in [0.25, 0.3) is 0 Å². The Labute approximate surface area is 122 Å². The number of aromatic nitrogens is 2. The maximum absolute atomic E-state index is 5.78. The molecule has 0 spiro atoms. The molecule has 2 heterocycles. The van der Waals surface area contributed by atoms with E-state index in [0.29, 0.717) is 12.1 Å². The SMILES string of the molecule is CCC1CN(c2c(CNC(C)C)c(C)nn2C)CCO1. The minimum absolute atomic E-state index is 0.338. The molecule has 0 radical (unpaired) electrons. The van der Waals surface area contributed by atoms with E-state index in [-0.39, 0.29) is 0 Å². The Morgan fingerprint density at radius 2 is 2.20 bits per heavy atom. The summed E-state index contributed by atoms with van der Waals surface area (Å²) in [6.07, 6.45) is 1.40. The van der Waals surface area contributed by atoms with Crippen molar-refractivity contribution in [2.24, 2.45) is 7.05 Å². The summed E-state index contributed by atoms with van der Waals surface area (Å²) in [4.78, 5) is 2.43. The lowest BCUT2D eigenvalue weighted by Gasteiger charge is -2.34. The zero-order valence-electron chi connectivity index (χ0n) is 13.4. The third-order valence-corrected chi connectivity index (χ3v) is 3.89. The van der Waals surface area contributed by atoms with Crippen LogP contribution in [-0.4, -0.2) is 41.6 Å². The molecule has 0 saturated carbocycles. The van der Waals surface area contributed by atoms with Crippen molar-refractivity contribution in [3.05, 3.63) is 11.3 Å². The first-order chi connectivity index (χ1) is 9.52. The first-order valence-corrected chi connectivity index (χ1v) is 7.65. The van der Waals surface area contributed by atoms with Crippen molar-refractivity contribution in [2.45, 2.75) is 52.8 Å². The van der Waals surface area contributed by atoms with Crippen LogP contribution >= 0.6 is 0 Å². The number of hydrogen-bond acceptors (Lipinski definition) is 4. The number of ether oxygens (including phenoxy) is 1. The highest BCUT2D eigenvalue weighted by atomic mass is 16.5. The van der Waals surface area contributed by atoms with E-state index in [4.69, 9.17) is 4.74 Å². The number of aryl methyl sites for hydroxylation is 2. The van der Waals surface area contributed by atoms with Crippen molar-refractivity contribution in [1.29, 1.82) is 0 Å². The van der Waals surface area contributed by atoms with Gasteiger partial charge in [-0.25, -0.2) is 0 Å². The van der Waals surface area contributed by atoms with E-state index in [1.807, 2.05) is 11.7 Å². The van der Waals surface area contributed by atoms with E-state index in [9.17, 15) is 0 Å². The molecule has 1 unspecified atom stereocenters. The summed E-state index contributed by atoms with van der Waals surface area (Å²) in [7, 11) is 2.04. The van der Waals surface area contributed by atoms with Crippen molar-refractivity contribution in [3.8, 4) is 0 Å². The lowest BCUT2D eigenvalue weighted by atomic mass is 10.1. The second kappa shape index (κ2) is 6.59. The number of nitrogens with one attached hydrogen (secondary N) is 1. The lowest BCUT2D eigenvalue weighted by Crippen LogP contribution is -2.43. The molecule has 5 heteroatoms. The Bertz CT molecular complexity index is 441. The molecule has 0 bridgehead atoms. The first-order valence-electron chi connectivity index (χ1n) is 7.65. The molecule has 1 N–H and O–H groups in total. The Balaban J connectivity index is 2.21. The summed E-state index contributed by atoms with van der Waals surface area (Å²) in [6.45, 7) is 12.2. The quantitative estimate of drug-likeness (QED) is 0.894. The normalized spacial score (nSPS) is 19.9. The number of nitrogens with zero attached hydrogens (tertiary/aromatic N) is 3. The van der Waals surface area contributed by atoms with Crippen LogP contribution < -0.4 is 10.2 Å². The predicted octanol–water partition coefficient (Wildman–Crippen LogP) is 1.84. The fraction of sp³-hybridized carbons (Fsp3) is 0.800. The van der Waals surface area contributed by atoms with E-state index in [1.165, 1.54) is 11.4 Å². The molecule has 1 aromatic rings. The Hall–Kier alpha value is -1.07. The molecular formula is C15H28N4O. The summed E-state index contributed by atoms with van der Waals surface area (Å²) in [5.41, 5.74) is 2.44. The molecule has 1 fully saturated rings. The smallest absolute Gasteiger partial charge is 0.131 e. The van der Waals surface area contributed by atoms with Gasteiger partial charge in [0.05, 0.1) is 18.4 Å². The maximum atomic E-state index is 5.78. The summed E-state index contributed by atoms with van der Waals surface area (Å²) >= 11 is 0. The molecule has 0 aromatic carbocycles. The molecule has 0 amide bonds. The number of morpholine rings is 1. The number of anilines is 1. The van der Waals surface area contributed by atoms with Gasteiger partial charge in [0.25, 0.3) is 0 Å². The summed E-state index contributed by atoms with van der Waals surface area (Å²) in [6, 6.07) is 0.482. The van der Waals surface area contributed by atoms with Gasteiger partial charge < -0.3 is 15.0 Å². The van der Waals surface area contributed by atoms with Crippen LogP contribution in [0.2, 0.25) is 0 Å².